The molecule has 1 saturated heterocycles. The fourth-order valence-electron chi connectivity index (χ4n) is 2.47. The number of halogens is 1. The molecule has 1 unspecified atom stereocenters. The zero-order valence-corrected chi connectivity index (χ0v) is 11.0. The van der Waals surface area contributed by atoms with Crippen molar-refractivity contribution in [3.8, 4) is 0 Å². The van der Waals surface area contributed by atoms with E-state index in [0.717, 1.165) is 24.7 Å². The lowest BCUT2D eigenvalue weighted by Crippen LogP contribution is -2.26. The van der Waals surface area contributed by atoms with Gasteiger partial charge in [0.1, 0.15) is 5.82 Å². The molecule has 0 bridgehead atoms. The van der Waals surface area contributed by atoms with E-state index in [0.29, 0.717) is 11.6 Å². The normalized spacial score (nSPS) is 20.2. The molecule has 1 N–H and O–H groups in total. The lowest BCUT2D eigenvalue weighted by atomic mass is 10.1. The first-order chi connectivity index (χ1) is 9.06. The van der Waals surface area contributed by atoms with Gasteiger partial charge in [-0.3, -0.25) is 4.90 Å². The van der Waals surface area contributed by atoms with Gasteiger partial charge in [-0.05, 0) is 55.6 Å². The van der Waals surface area contributed by atoms with E-state index >= 15 is 0 Å². The van der Waals surface area contributed by atoms with Crippen molar-refractivity contribution < 1.29 is 14.3 Å². The summed E-state index contributed by atoms with van der Waals surface area (Å²) in [4.78, 5) is 12.9. The second-order valence-corrected chi connectivity index (χ2v) is 4.98. The van der Waals surface area contributed by atoms with Crippen molar-refractivity contribution in [2.24, 2.45) is 0 Å². The predicted molar refractivity (Wildman–Crippen MR) is 72.2 cm³/mol. The largest absolute Gasteiger partial charge is 0.478 e. The van der Waals surface area contributed by atoms with Crippen molar-refractivity contribution in [3.05, 3.63) is 41.2 Å². The Morgan fingerprint density at radius 3 is 3.00 bits per heavy atom. The third-order valence-corrected chi connectivity index (χ3v) is 3.58. The second-order valence-electron chi connectivity index (χ2n) is 4.98. The lowest BCUT2D eigenvalue weighted by molar-refractivity contribution is -0.131. The Bertz CT molecular complexity index is 499. The molecule has 0 radical (unpaired) electrons. The van der Waals surface area contributed by atoms with Gasteiger partial charge in [-0.2, -0.15) is 0 Å². The van der Waals surface area contributed by atoms with Crippen LogP contribution in [0.3, 0.4) is 0 Å². The van der Waals surface area contributed by atoms with Gasteiger partial charge in [-0.1, -0.05) is 6.07 Å². The van der Waals surface area contributed by atoms with Crippen molar-refractivity contribution in [2.45, 2.75) is 32.4 Å². The first-order valence-corrected chi connectivity index (χ1v) is 6.50. The van der Waals surface area contributed by atoms with Crippen molar-refractivity contribution >= 4 is 12.0 Å². The first kappa shape index (κ1) is 13.7. The van der Waals surface area contributed by atoms with Gasteiger partial charge in [0.25, 0.3) is 0 Å². The smallest absolute Gasteiger partial charge is 0.328 e. The van der Waals surface area contributed by atoms with E-state index in [-0.39, 0.29) is 5.82 Å². The fraction of sp³-hybridized carbons (Fsp3) is 0.400. The van der Waals surface area contributed by atoms with Gasteiger partial charge in [-0.25, -0.2) is 9.18 Å². The summed E-state index contributed by atoms with van der Waals surface area (Å²) in [5, 5.41) is 8.67. The highest BCUT2D eigenvalue weighted by molar-refractivity contribution is 5.85. The number of nitrogens with zero attached hydrogens (tertiary/aromatic N) is 1. The molecule has 4 heteroatoms. The van der Waals surface area contributed by atoms with Crippen LogP contribution in [0.5, 0.6) is 0 Å². The van der Waals surface area contributed by atoms with Gasteiger partial charge in [-0.15, -0.1) is 0 Å². The Labute approximate surface area is 112 Å². The molecular weight excluding hydrogens is 245 g/mol. The van der Waals surface area contributed by atoms with Crippen LogP contribution in [0.15, 0.2) is 24.3 Å². The number of aliphatic carboxylic acids is 1. The van der Waals surface area contributed by atoms with Gasteiger partial charge < -0.3 is 5.11 Å². The summed E-state index contributed by atoms with van der Waals surface area (Å²) in [6.07, 6.45) is 4.87. The number of carboxylic acids is 1. The highest BCUT2D eigenvalue weighted by atomic mass is 19.1. The average Bonchev–Trinajstić information content (AvgIpc) is 2.75. The molecule has 1 aromatic rings. The molecule has 1 aliphatic rings. The monoisotopic (exact) mass is 263 g/mol. The molecule has 0 aliphatic carbocycles. The Morgan fingerprint density at radius 2 is 2.37 bits per heavy atom. The molecule has 1 aliphatic heterocycles. The van der Waals surface area contributed by atoms with Gasteiger partial charge >= 0.3 is 5.97 Å². The molecule has 1 heterocycles. The number of benzene rings is 1. The molecule has 0 amide bonds. The summed E-state index contributed by atoms with van der Waals surface area (Å²) < 4.78 is 13.3. The topological polar surface area (TPSA) is 40.5 Å². The molecular formula is C15H18FNO2. The molecule has 1 fully saturated rings. The minimum Gasteiger partial charge on any atom is -0.478 e. The number of rotatable bonds is 4. The van der Waals surface area contributed by atoms with E-state index in [4.69, 9.17) is 5.11 Å². The summed E-state index contributed by atoms with van der Waals surface area (Å²) in [7, 11) is 0. The van der Waals surface area contributed by atoms with Crippen LogP contribution in [0.25, 0.3) is 6.08 Å². The quantitative estimate of drug-likeness (QED) is 0.849. The third kappa shape index (κ3) is 3.64. The Morgan fingerprint density at radius 1 is 1.58 bits per heavy atom. The molecule has 0 aromatic heterocycles. The van der Waals surface area contributed by atoms with Crippen LogP contribution in [-0.4, -0.2) is 28.6 Å². The zero-order valence-electron chi connectivity index (χ0n) is 11.0. The van der Waals surface area contributed by atoms with E-state index in [2.05, 4.69) is 11.8 Å². The maximum absolute atomic E-state index is 13.3. The Hall–Kier alpha value is -1.68. The van der Waals surface area contributed by atoms with Crippen molar-refractivity contribution in [1.29, 1.82) is 0 Å². The fourth-order valence-corrected chi connectivity index (χ4v) is 2.47. The summed E-state index contributed by atoms with van der Waals surface area (Å²) in [6.45, 7) is 3.96. The standard InChI is InChI=1S/C15H18FNO2/c1-11-3-2-8-17(11)10-13-4-6-14(16)9-12(13)5-7-15(18)19/h4-7,9,11H,2-3,8,10H2,1H3,(H,18,19)/b7-5+. The van der Waals surface area contributed by atoms with E-state index in [1.807, 2.05) is 0 Å². The van der Waals surface area contributed by atoms with E-state index in [9.17, 15) is 9.18 Å². The van der Waals surface area contributed by atoms with Gasteiger partial charge in [0.2, 0.25) is 0 Å². The number of likely N-dealkylation sites (tertiary alicyclic amines) is 1. The summed E-state index contributed by atoms with van der Waals surface area (Å²) in [6, 6.07) is 5.08. The minimum atomic E-state index is -1.02. The summed E-state index contributed by atoms with van der Waals surface area (Å²) in [5.74, 6) is -1.37. The first-order valence-electron chi connectivity index (χ1n) is 6.50. The van der Waals surface area contributed by atoms with E-state index in [1.54, 1.807) is 6.07 Å². The van der Waals surface area contributed by atoms with Gasteiger partial charge in [0.15, 0.2) is 0 Å². The van der Waals surface area contributed by atoms with Gasteiger partial charge in [0, 0.05) is 18.7 Å². The Kier molecular flexibility index (Phi) is 4.32. The zero-order chi connectivity index (χ0) is 13.8. The van der Waals surface area contributed by atoms with Crippen LogP contribution in [-0.2, 0) is 11.3 Å². The maximum atomic E-state index is 13.3. The summed E-state index contributed by atoms with van der Waals surface area (Å²) in [5.41, 5.74) is 1.61. The van der Waals surface area contributed by atoms with Crippen LogP contribution < -0.4 is 0 Å². The van der Waals surface area contributed by atoms with Crippen molar-refractivity contribution in [3.63, 3.8) is 0 Å². The minimum absolute atomic E-state index is 0.344. The van der Waals surface area contributed by atoms with E-state index in [1.165, 1.54) is 31.1 Å². The molecule has 3 nitrogen and oxygen atoms in total. The number of carbonyl (C=O) groups is 1. The van der Waals surface area contributed by atoms with Crippen LogP contribution in [0.2, 0.25) is 0 Å². The highest BCUT2D eigenvalue weighted by Crippen LogP contribution is 2.22. The van der Waals surface area contributed by atoms with Crippen LogP contribution >= 0.6 is 0 Å². The van der Waals surface area contributed by atoms with E-state index < -0.39 is 5.97 Å². The molecule has 0 saturated carbocycles. The molecule has 19 heavy (non-hydrogen) atoms. The molecule has 0 spiro atoms. The van der Waals surface area contributed by atoms with Crippen LogP contribution in [0.4, 0.5) is 4.39 Å². The predicted octanol–water partition coefficient (Wildman–Crippen LogP) is 2.91. The third-order valence-electron chi connectivity index (χ3n) is 3.58. The SMILES string of the molecule is CC1CCCN1Cc1ccc(F)cc1/C=C/C(=O)O. The number of hydrogen-bond acceptors (Lipinski definition) is 2. The second kappa shape index (κ2) is 5.97. The highest BCUT2D eigenvalue weighted by Gasteiger charge is 2.20. The van der Waals surface area contributed by atoms with Crippen LogP contribution in [0.1, 0.15) is 30.9 Å². The molecule has 102 valence electrons. The lowest BCUT2D eigenvalue weighted by Gasteiger charge is -2.22. The molecule has 1 atom stereocenters. The number of carboxylic acid groups (broad SMARTS) is 1. The number of hydrogen-bond donors (Lipinski definition) is 1. The maximum Gasteiger partial charge on any atom is 0.328 e. The van der Waals surface area contributed by atoms with Crippen molar-refractivity contribution in [2.75, 3.05) is 6.54 Å². The molecule has 2 rings (SSSR count). The molecule has 1 aromatic carbocycles. The van der Waals surface area contributed by atoms with Crippen molar-refractivity contribution in [1.82, 2.24) is 4.90 Å². The average molecular weight is 263 g/mol. The summed E-state index contributed by atoms with van der Waals surface area (Å²) >= 11 is 0. The van der Waals surface area contributed by atoms with Crippen LogP contribution in [0, 0.1) is 5.82 Å². The Balaban J connectivity index is 2.21. The van der Waals surface area contributed by atoms with Gasteiger partial charge in [0.05, 0.1) is 0 Å².